The zero-order valence-electron chi connectivity index (χ0n) is 19.9. The van der Waals surface area contributed by atoms with E-state index in [1.54, 1.807) is 24.3 Å². The summed E-state index contributed by atoms with van der Waals surface area (Å²) in [5.74, 6) is -1.08. The van der Waals surface area contributed by atoms with E-state index in [2.05, 4.69) is 36.7 Å². The van der Waals surface area contributed by atoms with Gasteiger partial charge in [-0.25, -0.2) is 0 Å². The molecule has 182 valence electrons. The number of nitrogens with one attached hydrogen (secondary N) is 3. The Bertz CT molecular complexity index is 999. The molecule has 0 saturated carbocycles. The lowest BCUT2D eigenvalue weighted by molar-refractivity contribution is -0.146. The molecule has 2 aromatic carbocycles. The predicted octanol–water partition coefficient (Wildman–Crippen LogP) is 4.02. The summed E-state index contributed by atoms with van der Waals surface area (Å²) in [7, 11) is 1.51. The molecule has 0 aromatic heterocycles. The van der Waals surface area contributed by atoms with E-state index in [1.807, 2.05) is 24.3 Å². The van der Waals surface area contributed by atoms with Crippen molar-refractivity contribution in [2.75, 3.05) is 31.0 Å². The number of anilines is 2. The van der Waals surface area contributed by atoms with Crippen LogP contribution >= 0.6 is 12.2 Å². The third-order valence-corrected chi connectivity index (χ3v) is 4.98. The van der Waals surface area contributed by atoms with Gasteiger partial charge in [-0.2, -0.15) is 0 Å². The van der Waals surface area contributed by atoms with Gasteiger partial charge < -0.3 is 25.4 Å². The Morgan fingerprint density at radius 1 is 0.853 bits per heavy atom. The molecule has 2 rings (SSSR count). The Labute approximate surface area is 205 Å². The van der Waals surface area contributed by atoms with Crippen LogP contribution in [0.15, 0.2) is 48.5 Å². The van der Waals surface area contributed by atoms with Crippen molar-refractivity contribution in [3.05, 3.63) is 59.7 Å². The lowest BCUT2D eigenvalue weighted by Gasteiger charge is -2.19. The number of benzene rings is 2. The van der Waals surface area contributed by atoms with Gasteiger partial charge in [0.05, 0.1) is 13.0 Å². The smallest absolute Gasteiger partial charge is 0.306 e. The largest absolute Gasteiger partial charge is 0.463 e. The molecule has 0 saturated heterocycles. The van der Waals surface area contributed by atoms with E-state index in [0.717, 1.165) is 5.56 Å². The molecule has 0 aliphatic carbocycles. The molecule has 9 heteroatoms. The maximum absolute atomic E-state index is 12.5. The van der Waals surface area contributed by atoms with Gasteiger partial charge in [-0.1, -0.05) is 32.9 Å². The van der Waals surface area contributed by atoms with Crippen LogP contribution in [0.3, 0.4) is 0 Å². The SMILES string of the molecule is COCCOC(=O)CCC(=O)NC(=S)Nc1ccc(NC(=O)c2ccc(C(C)(C)C)cc2)cc1. The van der Waals surface area contributed by atoms with Crippen molar-refractivity contribution in [2.45, 2.75) is 39.0 Å². The molecular weight excluding hydrogens is 454 g/mol. The first-order chi connectivity index (χ1) is 16.1. The summed E-state index contributed by atoms with van der Waals surface area (Å²) in [6.45, 7) is 6.82. The van der Waals surface area contributed by atoms with Crippen LogP contribution in [0.4, 0.5) is 11.4 Å². The minimum atomic E-state index is -0.478. The summed E-state index contributed by atoms with van der Waals surface area (Å²) >= 11 is 5.14. The van der Waals surface area contributed by atoms with Gasteiger partial charge in [0, 0.05) is 30.5 Å². The van der Waals surface area contributed by atoms with Crippen LogP contribution in [-0.4, -0.2) is 43.2 Å². The van der Waals surface area contributed by atoms with Crippen LogP contribution in [0.1, 0.15) is 49.5 Å². The molecule has 0 atom stereocenters. The van der Waals surface area contributed by atoms with Crippen LogP contribution in [0.5, 0.6) is 0 Å². The van der Waals surface area contributed by atoms with Crippen molar-refractivity contribution >= 4 is 46.5 Å². The molecule has 0 fully saturated rings. The highest BCUT2D eigenvalue weighted by Crippen LogP contribution is 2.22. The van der Waals surface area contributed by atoms with E-state index in [1.165, 1.54) is 7.11 Å². The molecule has 0 radical (unpaired) electrons. The molecule has 34 heavy (non-hydrogen) atoms. The first-order valence-electron chi connectivity index (χ1n) is 10.9. The minimum absolute atomic E-state index is 0.0216. The van der Waals surface area contributed by atoms with Crippen molar-refractivity contribution in [3.8, 4) is 0 Å². The summed E-state index contributed by atoms with van der Waals surface area (Å²) in [4.78, 5) is 36.0. The zero-order valence-corrected chi connectivity index (χ0v) is 20.7. The molecule has 8 nitrogen and oxygen atoms in total. The number of thiocarbonyl (C=S) groups is 1. The maximum Gasteiger partial charge on any atom is 0.306 e. The first-order valence-corrected chi connectivity index (χ1v) is 11.3. The fraction of sp³-hybridized carbons (Fsp3) is 0.360. The second-order valence-corrected chi connectivity index (χ2v) is 8.98. The number of hydrogen-bond acceptors (Lipinski definition) is 6. The molecule has 2 amide bonds. The maximum atomic E-state index is 12.5. The van der Waals surface area contributed by atoms with Gasteiger partial charge in [-0.05, 0) is 59.6 Å². The highest BCUT2D eigenvalue weighted by Gasteiger charge is 2.14. The number of ether oxygens (including phenoxy) is 2. The predicted molar refractivity (Wildman–Crippen MR) is 136 cm³/mol. The van der Waals surface area contributed by atoms with E-state index in [4.69, 9.17) is 21.7 Å². The third kappa shape index (κ3) is 9.29. The summed E-state index contributed by atoms with van der Waals surface area (Å²) in [5, 5.41) is 8.36. The van der Waals surface area contributed by atoms with Gasteiger partial charge in [0.15, 0.2) is 5.11 Å². The average Bonchev–Trinajstić information content (AvgIpc) is 2.78. The summed E-state index contributed by atoms with van der Waals surface area (Å²) in [6, 6.07) is 14.4. The van der Waals surface area contributed by atoms with Crippen LogP contribution < -0.4 is 16.0 Å². The molecule has 3 N–H and O–H groups in total. The van der Waals surface area contributed by atoms with Crippen molar-refractivity contribution in [2.24, 2.45) is 0 Å². The van der Waals surface area contributed by atoms with Crippen LogP contribution in [0.2, 0.25) is 0 Å². The number of carbonyl (C=O) groups excluding carboxylic acids is 3. The normalized spacial score (nSPS) is 10.8. The minimum Gasteiger partial charge on any atom is -0.463 e. The number of carbonyl (C=O) groups is 3. The molecule has 0 unspecified atom stereocenters. The second kappa shape index (κ2) is 12.8. The first kappa shape index (κ1) is 26.9. The Morgan fingerprint density at radius 3 is 2.00 bits per heavy atom. The van der Waals surface area contributed by atoms with Gasteiger partial charge in [-0.3, -0.25) is 14.4 Å². The Kier molecular flexibility index (Phi) is 10.2. The van der Waals surface area contributed by atoms with E-state index in [9.17, 15) is 14.4 Å². The molecule has 2 aromatic rings. The Hall–Kier alpha value is -3.30. The van der Waals surface area contributed by atoms with E-state index >= 15 is 0 Å². The van der Waals surface area contributed by atoms with Crippen LogP contribution in [0, 0.1) is 0 Å². The fourth-order valence-corrected chi connectivity index (χ4v) is 3.07. The van der Waals surface area contributed by atoms with Gasteiger partial charge in [0.2, 0.25) is 5.91 Å². The Morgan fingerprint density at radius 2 is 1.44 bits per heavy atom. The lowest BCUT2D eigenvalue weighted by atomic mass is 9.87. The molecule has 0 aliphatic rings. The van der Waals surface area contributed by atoms with E-state index in [0.29, 0.717) is 23.5 Å². The molecular formula is C25H31N3O5S. The van der Waals surface area contributed by atoms with Crippen molar-refractivity contribution in [3.63, 3.8) is 0 Å². The van der Waals surface area contributed by atoms with Gasteiger partial charge in [0.25, 0.3) is 5.91 Å². The lowest BCUT2D eigenvalue weighted by Crippen LogP contribution is -2.34. The number of esters is 1. The summed E-state index contributed by atoms with van der Waals surface area (Å²) in [5.41, 5.74) is 3.01. The molecule has 0 heterocycles. The van der Waals surface area contributed by atoms with E-state index < -0.39 is 11.9 Å². The molecule has 0 spiro atoms. The summed E-state index contributed by atoms with van der Waals surface area (Å²) in [6.07, 6.45) is -0.0964. The summed E-state index contributed by atoms with van der Waals surface area (Å²) < 4.78 is 9.68. The fourth-order valence-electron chi connectivity index (χ4n) is 2.84. The van der Waals surface area contributed by atoms with Gasteiger partial charge >= 0.3 is 5.97 Å². The van der Waals surface area contributed by atoms with Crippen molar-refractivity contribution in [1.82, 2.24) is 5.32 Å². The standard InChI is InChI=1S/C25H31N3O5S/c1-25(2,3)18-7-5-17(6-8-18)23(31)26-19-9-11-20(12-10-19)27-24(34)28-21(29)13-14-22(30)33-16-15-32-4/h5-12H,13-16H2,1-4H3,(H,26,31)(H2,27,28,29,34). The average molecular weight is 486 g/mol. The van der Waals surface area contributed by atoms with Crippen molar-refractivity contribution in [1.29, 1.82) is 0 Å². The highest BCUT2D eigenvalue weighted by molar-refractivity contribution is 7.80. The van der Waals surface area contributed by atoms with Crippen LogP contribution in [0.25, 0.3) is 0 Å². The third-order valence-electron chi connectivity index (χ3n) is 4.77. The second-order valence-electron chi connectivity index (χ2n) is 8.57. The monoisotopic (exact) mass is 485 g/mol. The van der Waals surface area contributed by atoms with Gasteiger partial charge in [0.1, 0.15) is 6.61 Å². The number of rotatable bonds is 9. The topological polar surface area (TPSA) is 106 Å². The number of methoxy groups -OCH3 is 1. The van der Waals surface area contributed by atoms with E-state index in [-0.39, 0.29) is 35.9 Å². The molecule has 0 aliphatic heterocycles. The number of amides is 2. The number of hydrogen-bond donors (Lipinski definition) is 3. The molecule has 0 bridgehead atoms. The quantitative estimate of drug-likeness (QED) is 0.280. The van der Waals surface area contributed by atoms with Gasteiger partial charge in [-0.15, -0.1) is 0 Å². The Balaban J connectivity index is 1.79. The van der Waals surface area contributed by atoms with Crippen molar-refractivity contribution < 1.29 is 23.9 Å². The highest BCUT2D eigenvalue weighted by atomic mass is 32.1. The van der Waals surface area contributed by atoms with Crippen LogP contribution in [-0.2, 0) is 24.5 Å². The zero-order chi connectivity index (χ0) is 25.1.